The lowest BCUT2D eigenvalue weighted by Gasteiger charge is -2.17. The Bertz CT molecular complexity index is 648. The number of hydrogen-bond donors (Lipinski definition) is 1. The highest BCUT2D eigenvalue weighted by Gasteiger charge is 2.18. The zero-order chi connectivity index (χ0) is 14.7. The third-order valence-electron chi connectivity index (χ3n) is 3.21. The van der Waals surface area contributed by atoms with Crippen molar-refractivity contribution in [1.82, 2.24) is 14.7 Å². The van der Waals surface area contributed by atoms with Gasteiger partial charge in [0.05, 0.1) is 17.6 Å². The van der Waals surface area contributed by atoms with Gasteiger partial charge in [-0.1, -0.05) is 18.2 Å². The Balaban J connectivity index is 2.23. The zero-order valence-corrected chi connectivity index (χ0v) is 11.5. The number of likely N-dealkylation sites (N-methyl/N-ethyl adjacent to an activating group) is 1. The van der Waals surface area contributed by atoms with Crippen LogP contribution in [0.25, 0.3) is 10.9 Å². The summed E-state index contributed by atoms with van der Waals surface area (Å²) >= 11 is 0. The van der Waals surface area contributed by atoms with Crippen molar-refractivity contribution in [2.45, 2.75) is 13.3 Å². The summed E-state index contributed by atoms with van der Waals surface area (Å²) in [6, 6.07) is 7.66. The van der Waals surface area contributed by atoms with E-state index >= 15 is 0 Å². The van der Waals surface area contributed by atoms with Crippen molar-refractivity contribution in [3.63, 3.8) is 0 Å². The van der Waals surface area contributed by atoms with Gasteiger partial charge in [0.25, 0.3) is 0 Å². The summed E-state index contributed by atoms with van der Waals surface area (Å²) in [5.74, 6) is -1.23. The number of carbonyl (C=O) groups excluding carboxylic acids is 1. The Kier molecular flexibility index (Phi) is 4.02. The number of hydrogen-bond acceptors (Lipinski definition) is 3. The number of rotatable bonds is 5. The van der Waals surface area contributed by atoms with Crippen LogP contribution in [0.2, 0.25) is 0 Å². The van der Waals surface area contributed by atoms with E-state index in [1.165, 1.54) is 4.90 Å². The predicted molar refractivity (Wildman–Crippen MR) is 74.3 cm³/mol. The normalized spacial score (nSPS) is 10.7. The molecule has 6 nitrogen and oxygen atoms in total. The standard InChI is InChI=1S/C14H17N3O3/c1-3-17(9-14(19)20)13(18)8-11-10-6-4-5-7-12(10)16(2)15-11/h4-7H,3,8-9H2,1-2H3,(H,19,20). The van der Waals surface area contributed by atoms with Gasteiger partial charge in [0.1, 0.15) is 6.54 Å². The van der Waals surface area contributed by atoms with Gasteiger partial charge < -0.3 is 10.0 Å². The van der Waals surface area contributed by atoms with Crippen LogP contribution in [0.3, 0.4) is 0 Å². The fraction of sp³-hybridized carbons (Fsp3) is 0.357. The maximum Gasteiger partial charge on any atom is 0.323 e. The summed E-state index contributed by atoms with van der Waals surface area (Å²) in [7, 11) is 1.82. The van der Waals surface area contributed by atoms with Gasteiger partial charge >= 0.3 is 5.97 Å². The molecule has 0 bridgehead atoms. The smallest absolute Gasteiger partial charge is 0.323 e. The van der Waals surface area contributed by atoms with Gasteiger partial charge in [-0.15, -0.1) is 0 Å². The number of aromatic nitrogens is 2. The number of aliphatic carboxylic acids is 1. The van der Waals surface area contributed by atoms with E-state index in [0.717, 1.165) is 10.9 Å². The molecular formula is C14H17N3O3. The van der Waals surface area contributed by atoms with Crippen molar-refractivity contribution >= 4 is 22.8 Å². The second-order valence-corrected chi connectivity index (χ2v) is 4.57. The number of nitrogens with zero attached hydrogens (tertiary/aromatic N) is 3. The average Bonchev–Trinajstić information content (AvgIpc) is 2.73. The van der Waals surface area contributed by atoms with E-state index in [2.05, 4.69) is 5.10 Å². The average molecular weight is 275 g/mol. The van der Waals surface area contributed by atoms with Crippen LogP contribution in [0, 0.1) is 0 Å². The van der Waals surface area contributed by atoms with Crippen LogP contribution in [-0.2, 0) is 23.1 Å². The summed E-state index contributed by atoms with van der Waals surface area (Å²) in [5.41, 5.74) is 1.63. The zero-order valence-electron chi connectivity index (χ0n) is 11.5. The molecule has 0 saturated heterocycles. The van der Waals surface area contributed by atoms with Crippen molar-refractivity contribution in [2.75, 3.05) is 13.1 Å². The summed E-state index contributed by atoms with van der Waals surface area (Å²) in [6.45, 7) is 1.85. The Morgan fingerprint density at radius 3 is 2.70 bits per heavy atom. The molecule has 0 saturated carbocycles. The van der Waals surface area contributed by atoms with Gasteiger partial charge in [0.15, 0.2) is 0 Å². The van der Waals surface area contributed by atoms with Gasteiger partial charge in [-0.3, -0.25) is 14.3 Å². The monoisotopic (exact) mass is 275 g/mol. The molecule has 2 aromatic rings. The molecule has 0 aliphatic rings. The van der Waals surface area contributed by atoms with E-state index in [4.69, 9.17) is 5.11 Å². The van der Waals surface area contributed by atoms with Gasteiger partial charge in [-0.25, -0.2) is 0 Å². The quantitative estimate of drug-likeness (QED) is 0.885. The molecule has 1 aromatic heterocycles. The lowest BCUT2D eigenvalue weighted by atomic mass is 10.1. The number of fused-ring (bicyclic) bond motifs is 1. The van der Waals surface area contributed by atoms with E-state index in [9.17, 15) is 9.59 Å². The topological polar surface area (TPSA) is 75.4 Å². The van der Waals surface area contributed by atoms with Crippen molar-refractivity contribution < 1.29 is 14.7 Å². The molecule has 0 aliphatic carbocycles. The van der Waals surface area contributed by atoms with Gasteiger partial charge in [-0.2, -0.15) is 5.10 Å². The molecule has 0 unspecified atom stereocenters. The SMILES string of the molecule is CCN(CC(=O)O)C(=O)Cc1nn(C)c2ccccc12. The molecule has 1 amide bonds. The number of para-hydroxylation sites is 1. The lowest BCUT2D eigenvalue weighted by Crippen LogP contribution is -2.36. The largest absolute Gasteiger partial charge is 0.480 e. The number of carbonyl (C=O) groups is 2. The first kappa shape index (κ1) is 14.0. The Morgan fingerprint density at radius 2 is 2.05 bits per heavy atom. The summed E-state index contributed by atoms with van der Waals surface area (Å²) < 4.78 is 1.73. The molecule has 0 aliphatic heterocycles. The number of carboxylic acids is 1. The molecule has 20 heavy (non-hydrogen) atoms. The first-order valence-corrected chi connectivity index (χ1v) is 6.43. The first-order valence-electron chi connectivity index (χ1n) is 6.43. The van der Waals surface area contributed by atoms with E-state index in [-0.39, 0.29) is 18.9 Å². The van der Waals surface area contributed by atoms with E-state index in [1.54, 1.807) is 11.6 Å². The fourth-order valence-corrected chi connectivity index (χ4v) is 2.21. The Hall–Kier alpha value is -2.37. The van der Waals surface area contributed by atoms with Crippen LogP contribution in [-0.4, -0.2) is 44.8 Å². The van der Waals surface area contributed by atoms with Crippen molar-refractivity contribution in [3.05, 3.63) is 30.0 Å². The van der Waals surface area contributed by atoms with Crippen LogP contribution in [0.15, 0.2) is 24.3 Å². The van der Waals surface area contributed by atoms with Crippen molar-refractivity contribution in [2.24, 2.45) is 7.05 Å². The van der Waals surface area contributed by atoms with Gasteiger partial charge in [-0.05, 0) is 13.0 Å². The highest BCUT2D eigenvalue weighted by Crippen LogP contribution is 2.18. The molecule has 0 fully saturated rings. The number of aryl methyl sites for hydroxylation is 1. The highest BCUT2D eigenvalue weighted by atomic mass is 16.4. The molecule has 2 rings (SSSR count). The molecule has 1 N–H and O–H groups in total. The minimum Gasteiger partial charge on any atom is -0.480 e. The summed E-state index contributed by atoms with van der Waals surface area (Å²) in [4.78, 5) is 24.2. The lowest BCUT2D eigenvalue weighted by molar-refractivity contribution is -0.144. The number of benzene rings is 1. The third-order valence-corrected chi connectivity index (χ3v) is 3.21. The molecule has 6 heteroatoms. The maximum atomic E-state index is 12.1. The van der Waals surface area contributed by atoms with E-state index in [0.29, 0.717) is 12.2 Å². The van der Waals surface area contributed by atoms with Crippen molar-refractivity contribution in [3.8, 4) is 0 Å². The van der Waals surface area contributed by atoms with Gasteiger partial charge in [0, 0.05) is 19.0 Å². The van der Waals surface area contributed by atoms with Gasteiger partial charge in [0.2, 0.25) is 5.91 Å². The van der Waals surface area contributed by atoms with E-state index in [1.807, 2.05) is 31.3 Å². The number of amides is 1. The predicted octanol–water partition coefficient (Wildman–Crippen LogP) is 1.05. The summed E-state index contributed by atoms with van der Waals surface area (Å²) in [5, 5.41) is 14.1. The maximum absolute atomic E-state index is 12.1. The highest BCUT2D eigenvalue weighted by molar-refractivity contribution is 5.88. The number of carboxylic acid groups (broad SMARTS) is 1. The molecule has 1 heterocycles. The van der Waals surface area contributed by atoms with Crippen LogP contribution >= 0.6 is 0 Å². The Labute approximate surface area is 116 Å². The molecular weight excluding hydrogens is 258 g/mol. The molecule has 0 spiro atoms. The third kappa shape index (κ3) is 2.79. The van der Waals surface area contributed by atoms with Crippen LogP contribution in [0.1, 0.15) is 12.6 Å². The van der Waals surface area contributed by atoms with Crippen LogP contribution in [0.5, 0.6) is 0 Å². The fourth-order valence-electron chi connectivity index (χ4n) is 2.21. The minimum atomic E-state index is -1.01. The molecule has 0 atom stereocenters. The molecule has 1 aromatic carbocycles. The second-order valence-electron chi connectivity index (χ2n) is 4.57. The minimum absolute atomic E-state index is 0.114. The summed E-state index contributed by atoms with van der Waals surface area (Å²) in [6.07, 6.45) is 0.114. The molecule has 0 radical (unpaired) electrons. The second kappa shape index (κ2) is 5.73. The molecule has 106 valence electrons. The van der Waals surface area contributed by atoms with Crippen LogP contribution < -0.4 is 0 Å². The first-order chi connectivity index (χ1) is 9.52. The van der Waals surface area contributed by atoms with E-state index < -0.39 is 5.97 Å². The van der Waals surface area contributed by atoms with Crippen LogP contribution in [0.4, 0.5) is 0 Å². The van der Waals surface area contributed by atoms with Crippen molar-refractivity contribution in [1.29, 1.82) is 0 Å². The Morgan fingerprint density at radius 1 is 1.35 bits per heavy atom.